The van der Waals surface area contributed by atoms with Crippen molar-refractivity contribution in [2.75, 3.05) is 13.2 Å². The number of aliphatic hydroxyl groups excluding tert-OH is 1. The summed E-state index contributed by atoms with van der Waals surface area (Å²) in [6.07, 6.45) is -1.48. The SMILES string of the molecule is CC1(C)OC[C@H]([C@@H](O[Si](C)(C)C(C)(C)C)[C@@H]2OC(C)(C)O[C@@H]2CO)O1. The second-order valence-corrected chi connectivity index (χ2v) is 14.3. The zero-order valence-electron chi connectivity index (χ0n) is 17.2. The van der Waals surface area contributed by atoms with E-state index in [1.807, 2.05) is 27.7 Å². The van der Waals surface area contributed by atoms with E-state index in [0.29, 0.717) is 6.61 Å². The lowest BCUT2D eigenvalue weighted by Crippen LogP contribution is -2.54. The maximum absolute atomic E-state index is 9.80. The maximum Gasteiger partial charge on any atom is 0.192 e. The zero-order chi connectivity index (χ0) is 19.3. The summed E-state index contributed by atoms with van der Waals surface area (Å²) in [6, 6.07) is 0. The van der Waals surface area contributed by atoms with Gasteiger partial charge in [-0.3, -0.25) is 0 Å². The predicted octanol–water partition coefficient (Wildman–Crippen LogP) is 3.04. The molecule has 2 saturated heterocycles. The molecular weight excluding hydrogens is 340 g/mol. The molecule has 0 saturated carbocycles. The maximum atomic E-state index is 9.80. The van der Waals surface area contributed by atoms with Gasteiger partial charge in [0.05, 0.1) is 13.2 Å². The minimum atomic E-state index is -2.09. The molecule has 0 aliphatic carbocycles. The number of hydrogen-bond acceptors (Lipinski definition) is 6. The molecule has 0 amide bonds. The van der Waals surface area contributed by atoms with Crippen molar-refractivity contribution in [3.63, 3.8) is 0 Å². The molecular formula is C18H36O6Si. The molecule has 1 N–H and O–H groups in total. The summed E-state index contributed by atoms with van der Waals surface area (Å²) >= 11 is 0. The third-order valence-corrected chi connectivity index (χ3v) is 9.83. The highest BCUT2D eigenvalue weighted by atomic mass is 28.4. The van der Waals surface area contributed by atoms with Gasteiger partial charge in [0.15, 0.2) is 19.9 Å². The summed E-state index contributed by atoms with van der Waals surface area (Å²) in [7, 11) is -2.09. The lowest BCUT2D eigenvalue weighted by atomic mass is 10.0. The fourth-order valence-electron chi connectivity index (χ4n) is 3.03. The number of rotatable bonds is 5. The smallest absolute Gasteiger partial charge is 0.192 e. The van der Waals surface area contributed by atoms with Crippen molar-refractivity contribution >= 4 is 8.32 Å². The van der Waals surface area contributed by atoms with Crippen LogP contribution >= 0.6 is 0 Å². The average molecular weight is 377 g/mol. The second kappa shape index (κ2) is 6.85. The van der Waals surface area contributed by atoms with Gasteiger partial charge in [-0.1, -0.05) is 20.8 Å². The molecule has 0 unspecified atom stereocenters. The first-order chi connectivity index (χ1) is 11.2. The molecule has 2 fully saturated rings. The first kappa shape index (κ1) is 21.3. The van der Waals surface area contributed by atoms with Crippen LogP contribution in [0.25, 0.3) is 0 Å². The van der Waals surface area contributed by atoms with Crippen molar-refractivity contribution in [2.45, 2.75) is 103 Å². The highest BCUT2D eigenvalue weighted by Gasteiger charge is 2.53. The van der Waals surface area contributed by atoms with Crippen LogP contribution in [-0.4, -0.2) is 62.6 Å². The quantitative estimate of drug-likeness (QED) is 0.744. The molecule has 0 aromatic rings. The van der Waals surface area contributed by atoms with Crippen LogP contribution in [0.2, 0.25) is 18.1 Å². The molecule has 6 nitrogen and oxygen atoms in total. The Bertz CT molecular complexity index is 471. The Morgan fingerprint density at radius 2 is 1.68 bits per heavy atom. The summed E-state index contributed by atoms with van der Waals surface area (Å²) in [5.74, 6) is -1.41. The Hall–Kier alpha value is -0.0231. The number of hydrogen-bond donors (Lipinski definition) is 1. The molecule has 148 valence electrons. The topological polar surface area (TPSA) is 66.4 Å². The fraction of sp³-hybridized carbons (Fsp3) is 1.00. The average Bonchev–Trinajstić information content (AvgIpc) is 2.93. The molecule has 7 heteroatoms. The van der Waals surface area contributed by atoms with E-state index in [1.165, 1.54) is 0 Å². The first-order valence-electron chi connectivity index (χ1n) is 9.13. The number of aliphatic hydroxyl groups is 1. The molecule has 0 spiro atoms. The van der Waals surface area contributed by atoms with Gasteiger partial charge in [0.25, 0.3) is 0 Å². The van der Waals surface area contributed by atoms with Gasteiger partial charge >= 0.3 is 0 Å². The normalized spacial score (nSPS) is 33.6. The van der Waals surface area contributed by atoms with E-state index in [0.717, 1.165) is 0 Å². The molecule has 4 atom stereocenters. The Kier molecular flexibility index (Phi) is 5.83. The summed E-state index contributed by atoms with van der Waals surface area (Å²) in [5, 5.41) is 9.85. The van der Waals surface area contributed by atoms with Gasteiger partial charge in [-0.15, -0.1) is 0 Å². The van der Waals surface area contributed by atoms with Gasteiger partial charge in [-0.2, -0.15) is 0 Å². The highest BCUT2D eigenvalue weighted by molar-refractivity contribution is 6.74. The van der Waals surface area contributed by atoms with Crippen molar-refractivity contribution in [3.8, 4) is 0 Å². The van der Waals surface area contributed by atoms with Crippen LogP contribution in [0.4, 0.5) is 0 Å². The minimum absolute atomic E-state index is 0.0456. The molecule has 2 rings (SSSR count). The molecule has 0 aromatic carbocycles. The zero-order valence-corrected chi connectivity index (χ0v) is 18.2. The fourth-order valence-corrected chi connectivity index (χ4v) is 4.35. The third kappa shape index (κ3) is 4.83. The lowest BCUT2D eigenvalue weighted by molar-refractivity contribution is -0.176. The van der Waals surface area contributed by atoms with Gasteiger partial charge in [0, 0.05) is 0 Å². The van der Waals surface area contributed by atoms with E-state index in [4.69, 9.17) is 23.4 Å². The van der Waals surface area contributed by atoms with E-state index >= 15 is 0 Å². The van der Waals surface area contributed by atoms with Crippen LogP contribution < -0.4 is 0 Å². The van der Waals surface area contributed by atoms with Crippen LogP contribution in [0.15, 0.2) is 0 Å². The molecule has 0 aromatic heterocycles. The van der Waals surface area contributed by atoms with Crippen LogP contribution in [0, 0.1) is 0 Å². The number of ether oxygens (including phenoxy) is 4. The van der Waals surface area contributed by atoms with Crippen molar-refractivity contribution in [2.24, 2.45) is 0 Å². The van der Waals surface area contributed by atoms with Crippen LogP contribution in [0.1, 0.15) is 48.5 Å². The van der Waals surface area contributed by atoms with E-state index < -0.39 is 32.1 Å². The van der Waals surface area contributed by atoms with E-state index in [1.54, 1.807) is 0 Å². The molecule has 0 bridgehead atoms. The van der Waals surface area contributed by atoms with Crippen molar-refractivity contribution in [1.82, 2.24) is 0 Å². The summed E-state index contributed by atoms with van der Waals surface area (Å²) in [6.45, 7) is 18.8. The van der Waals surface area contributed by atoms with E-state index in [2.05, 4.69) is 33.9 Å². The van der Waals surface area contributed by atoms with Crippen molar-refractivity contribution in [1.29, 1.82) is 0 Å². The molecule has 2 aliphatic heterocycles. The van der Waals surface area contributed by atoms with Gasteiger partial charge in [0.1, 0.15) is 24.4 Å². The first-order valence-corrected chi connectivity index (χ1v) is 12.0. The van der Waals surface area contributed by atoms with Gasteiger partial charge in [0.2, 0.25) is 0 Å². The molecule has 25 heavy (non-hydrogen) atoms. The summed E-state index contributed by atoms with van der Waals surface area (Å²) in [5.41, 5.74) is 0. The largest absolute Gasteiger partial charge is 0.408 e. The molecule has 2 aliphatic rings. The van der Waals surface area contributed by atoms with Crippen molar-refractivity contribution in [3.05, 3.63) is 0 Å². The monoisotopic (exact) mass is 376 g/mol. The van der Waals surface area contributed by atoms with Gasteiger partial charge in [-0.25, -0.2) is 0 Å². The Morgan fingerprint density at radius 3 is 2.12 bits per heavy atom. The second-order valence-electron chi connectivity index (χ2n) is 9.53. The Labute approximate surface area is 153 Å². The summed E-state index contributed by atoms with van der Waals surface area (Å²) < 4.78 is 30.6. The van der Waals surface area contributed by atoms with Gasteiger partial charge in [-0.05, 0) is 45.8 Å². The van der Waals surface area contributed by atoms with Crippen LogP contribution in [-0.2, 0) is 23.4 Å². The van der Waals surface area contributed by atoms with E-state index in [9.17, 15) is 5.11 Å². The predicted molar refractivity (Wildman–Crippen MR) is 97.9 cm³/mol. The Morgan fingerprint density at radius 1 is 1.08 bits per heavy atom. The van der Waals surface area contributed by atoms with E-state index in [-0.39, 0.29) is 23.9 Å². The Balaban J connectivity index is 2.30. The molecule has 0 radical (unpaired) electrons. The highest BCUT2D eigenvalue weighted by Crippen LogP contribution is 2.42. The third-order valence-electron chi connectivity index (χ3n) is 5.36. The van der Waals surface area contributed by atoms with Crippen molar-refractivity contribution < 1.29 is 28.5 Å². The standard InChI is InChI=1S/C18H36O6Si/c1-16(2,3)25(8,9)24-15(13-11-20-17(4,5)22-13)14-12(10-19)21-18(6,7)23-14/h12-15,19H,10-11H2,1-9H3/t12-,13-,14-,15-/m1/s1. The summed E-state index contributed by atoms with van der Waals surface area (Å²) in [4.78, 5) is 0. The molecule has 2 heterocycles. The van der Waals surface area contributed by atoms with Gasteiger partial charge < -0.3 is 28.5 Å². The van der Waals surface area contributed by atoms with Crippen LogP contribution in [0.5, 0.6) is 0 Å². The minimum Gasteiger partial charge on any atom is -0.408 e. The van der Waals surface area contributed by atoms with Crippen LogP contribution in [0.3, 0.4) is 0 Å². The lowest BCUT2D eigenvalue weighted by Gasteiger charge is -2.42.